The number of nitrogen functional groups attached to an aromatic ring is 1. The summed E-state index contributed by atoms with van der Waals surface area (Å²) in [5, 5.41) is 0. The van der Waals surface area contributed by atoms with Crippen LogP contribution in [0.1, 0.15) is 11.4 Å². The second-order valence-electron chi connectivity index (χ2n) is 3.19. The fourth-order valence-corrected chi connectivity index (χ4v) is 1.35. The molecular formula is C9H12N6. The van der Waals surface area contributed by atoms with Gasteiger partial charge in [0, 0.05) is 24.2 Å². The van der Waals surface area contributed by atoms with Crippen molar-refractivity contribution in [1.82, 2.24) is 19.5 Å². The van der Waals surface area contributed by atoms with E-state index in [9.17, 15) is 0 Å². The van der Waals surface area contributed by atoms with Gasteiger partial charge in [0.1, 0.15) is 11.6 Å². The van der Waals surface area contributed by atoms with Gasteiger partial charge in [0.05, 0.1) is 0 Å². The largest absolute Gasteiger partial charge is 0.292 e. The maximum atomic E-state index is 5.26. The van der Waals surface area contributed by atoms with Gasteiger partial charge in [0.25, 0.3) is 0 Å². The van der Waals surface area contributed by atoms with Crippen molar-refractivity contribution in [2.45, 2.75) is 13.8 Å². The molecule has 6 nitrogen and oxygen atoms in total. The molecule has 0 aliphatic rings. The van der Waals surface area contributed by atoms with Crippen molar-refractivity contribution in [1.29, 1.82) is 0 Å². The lowest BCUT2D eigenvalue weighted by atomic mass is 10.3. The van der Waals surface area contributed by atoms with Crippen LogP contribution in [0.4, 0.5) is 5.95 Å². The van der Waals surface area contributed by atoms with E-state index in [1.807, 2.05) is 24.6 Å². The number of aryl methyl sites for hydroxylation is 2. The van der Waals surface area contributed by atoms with Gasteiger partial charge in [-0.1, -0.05) is 0 Å². The molecule has 2 heterocycles. The maximum absolute atomic E-state index is 5.26. The van der Waals surface area contributed by atoms with Crippen LogP contribution in [0.2, 0.25) is 0 Å². The van der Waals surface area contributed by atoms with Crippen LogP contribution >= 0.6 is 0 Å². The van der Waals surface area contributed by atoms with E-state index in [-0.39, 0.29) is 0 Å². The van der Waals surface area contributed by atoms with Gasteiger partial charge in [-0.25, -0.2) is 15.8 Å². The van der Waals surface area contributed by atoms with Gasteiger partial charge in [0.2, 0.25) is 5.95 Å². The zero-order valence-electron chi connectivity index (χ0n) is 8.60. The molecule has 0 amide bonds. The third-order valence-corrected chi connectivity index (χ3v) is 2.13. The molecule has 0 atom stereocenters. The number of aromatic nitrogens is 4. The van der Waals surface area contributed by atoms with Gasteiger partial charge in [0.15, 0.2) is 0 Å². The number of nitrogens with two attached hydrogens (primary N) is 1. The lowest BCUT2D eigenvalue weighted by molar-refractivity contribution is 0.904. The van der Waals surface area contributed by atoms with E-state index in [1.54, 1.807) is 12.4 Å². The first-order valence-electron chi connectivity index (χ1n) is 4.53. The molecule has 0 bridgehead atoms. The number of rotatable bonds is 2. The van der Waals surface area contributed by atoms with Crippen molar-refractivity contribution in [2.75, 3.05) is 5.43 Å². The zero-order valence-corrected chi connectivity index (χ0v) is 8.60. The van der Waals surface area contributed by atoms with Crippen LogP contribution in [-0.2, 0) is 0 Å². The molecule has 0 aromatic carbocycles. The minimum atomic E-state index is 0.392. The van der Waals surface area contributed by atoms with E-state index in [2.05, 4.69) is 20.4 Å². The number of hydrogen-bond donors (Lipinski definition) is 2. The highest BCUT2D eigenvalue weighted by atomic mass is 15.3. The Morgan fingerprint density at radius 3 is 2.73 bits per heavy atom. The fourth-order valence-electron chi connectivity index (χ4n) is 1.35. The standard InChI is InChI=1S/C9H12N6/c1-6-5-12-9(14-10)13-8(6)15-4-3-11-7(15)2/h3-5H,10H2,1-2H3,(H,12,13,14). The Morgan fingerprint density at radius 2 is 2.13 bits per heavy atom. The molecule has 0 saturated heterocycles. The summed E-state index contributed by atoms with van der Waals surface area (Å²) in [6.07, 6.45) is 5.30. The van der Waals surface area contributed by atoms with Crippen molar-refractivity contribution in [3.63, 3.8) is 0 Å². The lowest BCUT2D eigenvalue weighted by Crippen LogP contribution is -2.13. The number of nitrogens with zero attached hydrogens (tertiary/aromatic N) is 4. The first-order valence-corrected chi connectivity index (χ1v) is 4.53. The Balaban J connectivity index is 2.56. The van der Waals surface area contributed by atoms with Crippen LogP contribution in [0, 0.1) is 13.8 Å². The van der Waals surface area contributed by atoms with Crippen molar-refractivity contribution in [2.24, 2.45) is 5.84 Å². The van der Waals surface area contributed by atoms with E-state index in [0.29, 0.717) is 5.95 Å². The van der Waals surface area contributed by atoms with Crippen LogP contribution in [-0.4, -0.2) is 19.5 Å². The summed E-state index contributed by atoms with van der Waals surface area (Å²) >= 11 is 0. The summed E-state index contributed by atoms with van der Waals surface area (Å²) in [5.41, 5.74) is 3.39. The SMILES string of the molecule is Cc1cnc(NN)nc1-n1ccnc1C. The normalized spacial score (nSPS) is 10.3. The van der Waals surface area contributed by atoms with Crippen molar-refractivity contribution in [3.05, 3.63) is 30.0 Å². The van der Waals surface area contributed by atoms with Gasteiger partial charge in [-0.2, -0.15) is 4.98 Å². The molecule has 78 valence electrons. The van der Waals surface area contributed by atoms with Gasteiger partial charge < -0.3 is 0 Å². The number of hydrazine groups is 1. The second-order valence-corrected chi connectivity index (χ2v) is 3.19. The van der Waals surface area contributed by atoms with E-state index < -0.39 is 0 Å². The second kappa shape index (κ2) is 3.66. The zero-order chi connectivity index (χ0) is 10.8. The van der Waals surface area contributed by atoms with Crippen molar-refractivity contribution < 1.29 is 0 Å². The number of imidazole rings is 1. The molecule has 0 saturated carbocycles. The predicted octanol–water partition coefficient (Wildman–Crippen LogP) is 0.565. The Bertz CT molecular complexity index is 475. The van der Waals surface area contributed by atoms with Crippen molar-refractivity contribution >= 4 is 5.95 Å². The van der Waals surface area contributed by atoms with Gasteiger partial charge in [-0.05, 0) is 13.8 Å². The van der Waals surface area contributed by atoms with Crippen LogP contribution in [0.25, 0.3) is 5.82 Å². The van der Waals surface area contributed by atoms with E-state index in [0.717, 1.165) is 17.2 Å². The highest BCUT2D eigenvalue weighted by molar-refractivity contribution is 5.38. The van der Waals surface area contributed by atoms with E-state index in [4.69, 9.17) is 5.84 Å². The number of nitrogens with one attached hydrogen (secondary N) is 1. The molecule has 0 unspecified atom stereocenters. The Labute approximate surface area is 87.2 Å². The molecule has 0 aliphatic carbocycles. The molecular weight excluding hydrogens is 192 g/mol. The van der Waals surface area contributed by atoms with Gasteiger partial charge >= 0.3 is 0 Å². The van der Waals surface area contributed by atoms with Gasteiger partial charge in [-0.3, -0.25) is 9.99 Å². The Kier molecular flexibility index (Phi) is 2.34. The van der Waals surface area contributed by atoms with Crippen LogP contribution in [0.5, 0.6) is 0 Å². The van der Waals surface area contributed by atoms with Crippen LogP contribution < -0.4 is 11.3 Å². The Morgan fingerprint density at radius 1 is 1.33 bits per heavy atom. The molecule has 0 radical (unpaired) electrons. The molecule has 0 aliphatic heterocycles. The summed E-state index contributed by atoms with van der Waals surface area (Å²) in [7, 11) is 0. The van der Waals surface area contributed by atoms with E-state index in [1.165, 1.54) is 0 Å². The number of anilines is 1. The summed E-state index contributed by atoms with van der Waals surface area (Å²) in [6, 6.07) is 0. The minimum absolute atomic E-state index is 0.392. The van der Waals surface area contributed by atoms with Gasteiger partial charge in [-0.15, -0.1) is 0 Å². The lowest BCUT2D eigenvalue weighted by Gasteiger charge is -2.08. The van der Waals surface area contributed by atoms with Crippen LogP contribution in [0.3, 0.4) is 0 Å². The smallest absolute Gasteiger partial charge is 0.239 e. The molecule has 2 aromatic heterocycles. The first kappa shape index (κ1) is 9.60. The fraction of sp³-hybridized carbons (Fsp3) is 0.222. The molecule has 0 fully saturated rings. The topological polar surface area (TPSA) is 81.6 Å². The Hall–Kier alpha value is -1.95. The molecule has 15 heavy (non-hydrogen) atoms. The maximum Gasteiger partial charge on any atom is 0.239 e. The third kappa shape index (κ3) is 1.66. The molecule has 2 rings (SSSR count). The third-order valence-electron chi connectivity index (χ3n) is 2.13. The number of hydrogen-bond acceptors (Lipinski definition) is 5. The highest BCUT2D eigenvalue weighted by Gasteiger charge is 2.07. The summed E-state index contributed by atoms with van der Waals surface area (Å²) in [6.45, 7) is 3.85. The first-order chi connectivity index (χ1) is 7.22. The average Bonchev–Trinajstić information content (AvgIpc) is 2.65. The quantitative estimate of drug-likeness (QED) is 0.552. The predicted molar refractivity (Wildman–Crippen MR) is 56.4 cm³/mol. The highest BCUT2D eigenvalue weighted by Crippen LogP contribution is 2.13. The molecule has 3 N–H and O–H groups in total. The molecule has 2 aromatic rings. The summed E-state index contributed by atoms with van der Waals surface area (Å²) in [4.78, 5) is 12.4. The van der Waals surface area contributed by atoms with Crippen LogP contribution in [0.15, 0.2) is 18.6 Å². The minimum Gasteiger partial charge on any atom is -0.292 e. The summed E-state index contributed by atoms with van der Waals surface area (Å²) < 4.78 is 1.89. The average molecular weight is 204 g/mol. The van der Waals surface area contributed by atoms with E-state index >= 15 is 0 Å². The van der Waals surface area contributed by atoms with Crippen molar-refractivity contribution in [3.8, 4) is 5.82 Å². The monoisotopic (exact) mass is 204 g/mol. The molecule has 0 spiro atoms. The molecule has 6 heteroatoms. The summed E-state index contributed by atoms with van der Waals surface area (Å²) in [5.74, 6) is 7.31.